The Kier molecular flexibility index (Phi) is 46.2. The Morgan fingerprint density at radius 1 is 0.483 bits per heavy atom. The normalized spacial score (nSPS) is 13.0. The summed E-state index contributed by atoms with van der Waals surface area (Å²) in [6, 6.07) is -0.564. The van der Waals surface area contributed by atoms with Crippen LogP contribution in [0.3, 0.4) is 0 Å². The highest BCUT2D eigenvalue weighted by molar-refractivity contribution is 5.76. The third-order valence-electron chi connectivity index (χ3n) is 11.4. The lowest BCUT2D eigenvalue weighted by atomic mass is 10.0. The maximum Gasteiger partial charge on any atom is 0.305 e. The zero-order valence-corrected chi connectivity index (χ0v) is 38.5. The average Bonchev–Trinajstić information content (AvgIpc) is 3.22. The van der Waals surface area contributed by atoms with Gasteiger partial charge in [-0.1, -0.05) is 204 Å². The average molecular weight is 816 g/mol. The highest BCUT2D eigenvalue weighted by Gasteiger charge is 2.20. The van der Waals surface area contributed by atoms with Gasteiger partial charge in [-0.2, -0.15) is 0 Å². The number of nitrogens with one attached hydrogen (secondary N) is 1. The molecule has 0 spiro atoms. The Labute approximate surface area is 360 Å². The van der Waals surface area contributed by atoms with Crippen molar-refractivity contribution in [1.82, 2.24) is 5.32 Å². The van der Waals surface area contributed by atoms with E-state index in [2.05, 4.69) is 55.6 Å². The lowest BCUT2D eigenvalue weighted by Gasteiger charge is -2.22. The standard InChI is InChI=1S/C52H97NO5/c1-3-5-7-9-11-13-15-17-18-19-20-22-24-28-32-36-40-44-50(55)49(48-54)53-51(56)45-41-37-33-29-25-23-27-31-35-39-43-47-58-52(57)46-42-38-34-30-26-21-16-14-12-10-8-6-4-2/h8,10,14,16,27,31,49-50,54-55H,3-7,9,11-13,15,17-26,28-30,32-48H2,1-2H3,(H,53,56)/b10-8-,16-14-,31-27-. The van der Waals surface area contributed by atoms with E-state index in [1.165, 1.54) is 128 Å². The zero-order valence-electron chi connectivity index (χ0n) is 38.5. The summed E-state index contributed by atoms with van der Waals surface area (Å²) >= 11 is 0. The van der Waals surface area contributed by atoms with E-state index in [4.69, 9.17) is 4.74 Å². The molecular formula is C52H97NO5. The lowest BCUT2D eigenvalue weighted by molar-refractivity contribution is -0.143. The Morgan fingerprint density at radius 3 is 1.40 bits per heavy atom. The van der Waals surface area contributed by atoms with Crippen LogP contribution in [0.2, 0.25) is 0 Å². The van der Waals surface area contributed by atoms with Crippen molar-refractivity contribution >= 4 is 11.9 Å². The van der Waals surface area contributed by atoms with Crippen molar-refractivity contribution in [3.05, 3.63) is 36.5 Å². The molecule has 0 aromatic rings. The number of unbranched alkanes of at least 4 members (excludes halogenated alkanes) is 29. The number of hydrogen-bond donors (Lipinski definition) is 3. The fourth-order valence-corrected chi connectivity index (χ4v) is 7.49. The van der Waals surface area contributed by atoms with Crippen molar-refractivity contribution in [3.63, 3.8) is 0 Å². The third kappa shape index (κ3) is 43.7. The van der Waals surface area contributed by atoms with E-state index in [1.807, 2.05) is 0 Å². The molecule has 3 N–H and O–H groups in total. The quantitative estimate of drug-likeness (QED) is 0.0323. The number of rotatable bonds is 46. The molecule has 0 aromatic heterocycles. The molecule has 0 aliphatic heterocycles. The first-order valence-corrected chi connectivity index (χ1v) is 25.2. The molecule has 58 heavy (non-hydrogen) atoms. The minimum absolute atomic E-state index is 0.0468. The number of esters is 1. The maximum atomic E-state index is 12.4. The van der Waals surface area contributed by atoms with Gasteiger partial charge in [0.25, 0.3) is 0 Å². The van der Waals surface area contributed by atoms with Gasteiger partial charge in [-0.25, -0.2) is 0 Å². The number of amides is 1. The molecule has 0 saturated heterocycles. The largest absolute Gasteiger partial charge is 0.466 e. The maximum absolute atomic E-state index is 12.4. The minimum atomic E-state index is -0.683. The van der Waals surface area contributed by atoms with E-state index in [-0.39, 0.29) is 18.5 Å². The van der Waals surface area contributed by atoms with Crippen LogP contribution in [0.4, 0.5) is 0 Å². The van der Waals surface area contributed by atoms with Crippen molar-refractivity contribution in [3.8, 4) is 0 Å². The van der Waals surface area contributed by atoms with Gasteiger partial charge in [-0.05, 0) is 77.0 Å². The number of carbonyl (C=O) groups excluding carboxylic acids is 2. The van der Waals surface area contributed by atoms with Gasteiger partial charge in [0.2, 0.25) is 5.91 Å². The molecule has 340 valence electrons. The van der Waals surface area contributed by atoms with Crippen LogP contribution < -0.4 is 5.32 Å². The molecular weight excluding hydrogens is 719 g/mol. The Hall–Kier alpha value is -1.92. The fraction of sp³-hybridized carbons (Fsp3) is 0.846. The molecule has 2 unspecified atom stereocenters. The molecule has 6 nitrogen and oxygen atoms in total. The van der Waals surface area contributed by atoms with Gasteiger partial charge in [0.15, 0.2) is 0 Å². The summed E-state index contributed by atoms with van der Waals surface area (Å²) in [7, 11) is 0. The second-order valence-corrected chi connectivity index (χ2v) is 17.1. The van der Waals surface area contributed by atoms with Crippen molar-refractivity contribution in [2.75, 3.05) is 13.2 Å². The first-order valence-electron chi connectivity index (χ1n) is 25.2. The van der Waals surface area contributed by atoms with E-state index in [9.17, 15) is 19.8 Å². The van der Waals surface area contributed by atoms with E-state index >= 15 is 0 Å². The van der Waals surface area contributed by atoms with Crippen LogP contribution in [-0.4, -0.2) is 47.4 Å². The number of allylic oxidation sites excluding steroid dienone is 6. The predicted octanol–water partition coefficient (Wildman–Crippen LogP) is 14.9. The van der Waals surface area contributed by atoms with Crippen LogP contribution >= 0.6 is 0 Å². The smallest absolute Gasteiger partial charge is 0.305 e. The second-order valence-electron chi connectivity index (χ2n) is 17.1. The van der Waals surface area contributed by atoms with Gasteiger partial charge < -0.3 is 20.3 Å². The highest BCUT2D eigenvalue weighted by Crippen LogP contribution is 2.16. The summed E-state index contributed by atoms with van der Waals surface area (Å²) in [6.07, 6.45) is 56.8. The predicted molar refractivity (Wildman–Crippen MR) is 250 cm³/mol. The third-order valence-corrected chi connectivity index (χ3v) is 11.4. The van der Waals surface area contributed by atoms with E-state index in [0.717, 1.165) is 96.3 Å². The molecule has 0 aliphatic rings. The van der Waals surface area contributed by atoms with Gasteiger partial charge in [0.1, 0.15) is 0 Å². The SMILES string of the molecule is CCC/C=C\C/C=C\CCCCCCCC(=O)OCCCC/C=C\CCCCCCCC(=O)NC(CO)C(O)CCCCCCCCCCCCCCCCCCC. The molecule has 1 amide bonds. The van der Waals surface area contributed by atoms with E-state index in [1.54, 1.807) is 0 Å². The molecule has 0 rings (SSSR count). The summed E-state index contributed by atoms with van der Waals surface area (Å²) in [5.74, 6) is -0.112. The van der Waals surface area contributed by atoms with Crippen LogP contribution in [0.25, 0.3) is 0 Å². The van der Waals surface area contributed by atoms with E-state index < -0.39 is 12.1 Å². The van der Waals surface area contributed by atoms with Gasteiger partial charge in [-0.15, -0.1) is 0 Å². The Bertz CT molecular complexity index is 946. The zero-order chi connectivity index (χ0) is 42.3. The molecule has 2 atom stereocenters. The van der Waals surface area contributed by atoms with Crippen molar-refractivity contribution in [2.45, 2.75) is 270 Å². The van der Waals surface area contributed by atoms with Crippen LogP contribution in [0, 0.1) is 0 Å². The summed E-state index contributed by atoms with van der Waals surface area (Å²) in [6.45, 7) is 4.80. The number of carbonyl (C=O) groups is 2. The summed E-state index contributed by atoms with van der Waals surface area (Å²) < 4.78 is 5.42. The van der Waals surface area contributed by atoms with Crippen molar-refractivity contribution in [1.29, 1.82) is 0 Å². The van der Waals surface area contributed by atoms with Crippen LogP contribution in [-0.2, 0) is 14.3 Å². The van der Waals surface area contributed by atoms with Crippen molar-refractivity contribution in [2.24, 2.45) is 0 Å². The highest BCUT2D eigenvalue weighted by atomic mass is 16.5. The van der Waals surface area contributed by atoms with Crippen molar-refractivity contribution < 1.29 is 24.5 Å². The second kappa shape index (κ2) is 47.8. The van der Waals surface area contributed by atoms with Gasteiger partial charge >= 0.3 is 5.97 Å². The molecule has 0 fully saturated rings. The van der Waals surface area contributed by atoms with Crippen LogP contribution in [0.1, 0.15) is 258 Å². The minimum Gasteiger partial charge on any atom is -0.466 e. The Morgan fingerprint density at radius 2 is 0.897 bits per heavy atom. The van der Waals surface area contributed by atoms with Gasteiger partial charge in [0.05, 0.1) is 25.4 Å². The molecule has 0 radical (unpaired) electrons. The summed E-state index contributed by atoms with van der Waals surface area (Å²) in [5, 5.41) is 23.2. The first kappa shape index (κ1) is 56.1. The van der Waals surface area contributed by atoms with Crippen LogP contribution in [0.5, 0.6) is 0 Å². The fourth-order valence-electron chi connectivity index (χ4n) is 7.49. The molecule has 0 saturated carbocycles. The lowest BCUT2D eigenvalue weighted by Crippen LogP contribution is -2.45. The first-order chi connectivity index (χ1) is 28.5. The monoisotopic (exact) mass is 816 g/mol. The summed E-state index contributed by atoms with van der Waals surface area (Å²) in [5.41, 5.74) is 0. The number of ether oxygens (including phenoxy) is 1. The van der Waals surface area contributed by atoms with Crippen LogP contribution in [0.15, 0.2) is 36.5 Å². The van der Waals surface area contributed by atoms with Gasteiger partial charge in [-0.3, -0.25) is 9.59 Å². The molecule has 0 bridgehead atoms. The molecule has 6 heteroatoms. The number of aliphatic hydroxyl groups is 2. The number of hydrogen-bond acceptors (Lipinski definition) is 5. The molecule has 0 aromatic carbocycles. The number of aliphatic hydroxyl groups excluding tert-OH is 2. The molecule has 0 heterocycles. The van der Waals surface area contributed by atoms with Gasteiger partial charge in [0, 0.05) is 12.8 Å². The summed E-state index contributed by atoms with van der Waals surface area (Å²) in [4.78, 5) is 24.4. The molecule has 0 aliphatic carbocycles. The van der Waals surface area contributed by atoms with E-state index in [0.29, 0.717) is 25.9 Å². The topological polar surface area (TPSA) is 95.9 Å². The Balaban J connectivity index is 3.54.